The summed E-state index contributed by atoms with van der Waals surface area (Å²) in [6.07, 6.45) is 2.51. The Morgan fingerprint density at radius 2 is 2.00 bits per heavy atom. The quantitative estimate of drug-likeness (QED) is 0.928. The van der Waals surface area contributed by atoms with E-state index in [-0.39, 0.29) is 36.6 Å². The molecule has 5 heteroatoms. The number of likely N-dealkylation sites (tertiary alicyclic amines) is 1. The summed E-state index contributed by atoms with van der Waals surface area (Å²) in [7, 11) is 0. The minimum atomic E-state index is -0.282. The Hall–Kier alpha value is -1.10. The number of halogens is 1. The summed E-state index contributed by atoms with van der Waals surface area (Å²) in [5.74, 6) is 0.582. The number of hydrogen-bond donors (Lipinski definition) is 1. The van der Waals surface area contributed by atoms with Gasteiger partial charge in [-0.2, -0.15) is 0 Å². The molecule has 0 bridgehead atoms. The second-order valence-corrected chi connectivity index (χ2v) is 6.14. The molecule has 2 aliphatic rings. The van der Waals surface area contributed by atoms with Crippen LogP contribution >= 0.6 is 12.4 Å². The van der Waals surface area contributed by atoms with Crippen molar-refractivity contribution in [2.24, 2.45) is 5.73 Å². The van der Waals surface area contributed by atoms with E-state index >= 15 is 0 Å². The largest absolute Gasteiger partial charge is 0.364 e. The van der Waals surface area contributed by atoms with Crippen LogP contribution in [0.5, 0.6) is 0 Å². The van der Waals surface area contributed by atoms with Gasteiger partial charge in [0.05, 0.1) is 6.10 Å². The number of carbonyl (C=O) groups excluding carboxylic acids is 1. The molecule has 122 valence electrons. The van der Waals surface area contributed by atoms with Gasteiger partial charge in [0.2, 0.25) is 0 Å². The molecule has 1 aromatic rings. The van der Waals surface area contributed by atoms with Gasteiger partial charge in [0.15, 0.2) is 0 Å². The van der Waals surface area contributed by atoms with Crippen LogP contribution in [0.3, 0.4) is 0 Å². The summed E-state index contributed by atoms with van der Waals surface area (Å²) >= 11 is 0. The fourth-order valence-electron chi connectivity index (χ4n) is 3.64. The van der Waals surface area contributed by atoms with Crippen LogP contribution in [-0.2, 0) is 9.53 Å². The molecule has 4 nitrogen and oxygen atoms in total. The standard InChI is InChI=1S/C17H24N2O2.ClH/c1-12-15(13-5-3-2-4-6-13)9-10-19(12)17(20)16-8-7-14(11-18)21-16;/h2-6,12,14-16H,7-11,18H2,1H3;1H/t12?,14-,15?,16+;/m1./s1. The molecule has 2 fully saturated rings. The monoisotopic (exact) mass is 324 g/mol. The molecule has 2 aliphatic heterocycles. The summed E-state index contributed by atoms with van der Waals surface area (Å²) in [5, 5.41) is 0. The summed E-state index contributed by atoms with van der Waals surface area (Å²) in [5.41, 5.74) is 6.95. The van der Waals surface area contributed by atoms with Crippen LogP contribution in [0.4, 0.5) is 0 Å². The van der Waals surface area contributed by atoms with Crippen LogP contribution in [0.25, 0.3) is 0 Å². The first-order valence-corrected chi connectivity index (χ1v) is 7.91. The third kappa shape index (κ3) is 3.29. The lowest BCUT2D eigenvalue weighted by Crippen LogP contribution is -2.42. The maximum atomic E-state index is 12.7. The maximum Gasteiger partial charge on any atom is 0.251 e. The average Bonchev–Trinajstić information content (AvgIpc) is 3.14. The second kappa shape index (κ2) is 7.44. The summed E-state index contributed by atoms with van der Waals surface area (Å²) in [6, 6.07) is 10.7. The summed E-state index contributed by atoms with van der Waals surface area (Å²) in [4.78, 5) is 14.7. The van der Waals surface area contributed by atoms with E-state index in [4.69, 9.17) is 10.5 Å². The molecule has 0 spiro atoms. The molecule has 0 aliphatic carbocycles. The van der Waals surface area contributed by atoms with E-state index in [9.17, 15) is 4.79 Å². The second-order valence-electron chi connectivity index (χ2n) is 6.14. The molecule has 1 amide bonds. The number of hydrogen-bond acceptors (Lipinski definition) is 3. The zero-order valence-electron chi connectivity index (χ0n) is 13.0. The van der Waals surface area contributed by atoms with Gasteiger partial charge in [-0.15, -0.1) is 12.4 Å². The van der Waals surface area contributed by atoms with Gasteiger partial charge in [0.25, 0.3) is 5.91 Å². The van der Waals surface area contributed by atoms with Gasteiger partial charge >= 0.3 is 0 Å². The van der Waals surface area contributed by atoms with Crippen molar-refractivity contribution in [2.75, 3.05) is 13.1 Å². The number of nitrogens with two attached hydrogens (primary N) is 1. The zero-order valence-corrected chi connectivity index (χ0v) is 13.8. The van der Waals surface area contributed by atoms with E-state index in [2.05, 4.69) is 31.2 Å². The van der Waals surface area contributed by atoms with E-state index in [0.29, 0.717) is 12.5 Å². The SMILES string of the molecule is CC1C(c2ccccc2)CCN1C(=O)[C@@H]1CC[C@H](CN)O1.Cl. The van der Waals surface area contributed by atoms with Crippen molar-refractivity contribution in [3.05, 3.63) is 35.9 Å². The van der Waals surface area contributed by atoms with Crippen molar-refractivity contribution in [3.63, 3.8) is 0 Å². The Balaban J connectivity index is 0.00000176. The minimum absolute atomic E-state index is 0. The van der Waals surface area contributed by atoms with Crippen molar-refractivity contribution in [1.29, 1.82) is 0 Å². The molecular formula is C17H25ClN2O2. The highest BCUT2D eigenvalue weighted by Gasteiger charge is 2.40. The fourth-order valence-corrected chi connectivity index (χ4v) is 3.64. The van der Waals surface area contributed by atoms with Crippen LogP contribution in [0, 0.1) is 0 Å². The molecule has 2 saturated heterocycles. The van der Waals surface area contributed by atoms with Crippen LogP contribution in [0.1, 0.15) is 37.7 Å². The first-order chi connectivity index (χ1) is 10.2. The predicted octanol–water partition coefficient (Wildman–Crippen LogP) is 2.32. The Morgan fingerprint density at radius 3 is 2.64 bits per heavy atom. The van der Waals surface area contributed by atoms with Gasteiger partial charge < -0.3 is 15.4 Å². The third-order valence-corrected chi connectivity index (χ3v) is 4.91. The number of ether oxygens (including phenoxy) is 1. The molecule has 1 aromatic carbocycles. The highest BCUT2D eigenvalue weighted by atomic mass is 35.5. The Morgan fingerprint density at radius 1 is 1.27 bits per heavy atom. The van der Waals surface area contributed by atoms with Crippen molar-refractivity contribution in [2.45, 2.75) is 50.4 Å². The maximum absolute atomic E-state index is 12.7. The number of carbonyl (C=O) groups is 1. The topological polar surface area (TPSA) is 55.6 Å². The van der Waals surface area contributed by atoms with Crippen molar-refractivity contribution in [1.82, 2.24) is 4.90 Å². The van der Waals surface area contributed by atoms with E-state index in [1.54, 1.807) is 0 Å². The average molecular weight is 325 g/mol. The molecule has 0 saturated carbocycles. The van der Waals surface area contributed by atoms with Gasteiger partial charge in [-0.3, -0.25) is 4.79 Å². The van der Waals surface area contributed by atoms with Crippen LogP contribution in [0.15, 0.2) is 30.3 Å². The molecule has 2 heterocycles. The normalized spacial score (nSPS) is 31.1. The van der Waals surface area contributed by atoms with Gasteiger partial charge in [-0.25, -0.2) is 0 Å². The summed E-state index contributed by atoms with van der Waals surface area (Å²) < 4.78 is 5.76. The van der Waals surface area contributed by atoms with E-state index in [0.717, 1.165) is 25.8 Å². The third-order valence-electron chi connectivity index (χ3n) is 4.91. The Bertz CT molecular complexity index is 497. The van der Waals surface area contributed by atoms with Gasteiger partial charge in [0, 0.05) is 25.0 Å². The van der Waals surface area contributed by atoms with Crippen LogP contribution in [0.2, 0.25) is 0 Å². The van der Waals surface area contributed by atoms with Gasteiger partial charge in [-0.05, 0) is 31.7 Å². The van der Waals surface area contributed by atoms with Crippen molar-refractivity contribution < 1.29 is 9.53 Å². The molecular weight excluding hydrogens is 300 g/mol. The van der Waals surface area contributed by atoms with Gasteiger partial charge in [0.1, 0.15) is 6.10 Å². The lowest BCUT2D eigenvalue weighted by Gasteiger charge is -2.27. The fraction of sp³-hybridized carbons (Fsp3) is 0.588. The number of benzene rings is 1. The Kier molecular flexibility index (Phi) is 5.84. The van der Waals surface area contributed by atoms with E-state index in [1.807, 2.05) is 11.0 Å². The highest BCUT2D eigenvalue weighted by Crippen LogP contribution is 2.34. The number of rotatable bonds is 3. The molecule has 4 atom stereocenters. The van der Waals surface area contributed by atoms with Crippen LogP contribution < -0.4 is 5.73 Å². The minimum Gasteiger partial charge on any atom is -0.364 e. The smallest absolute Gasteiger partial charge is 0.251 e. The molecule has 22 heavy (non-hydrogen) atoms. The van der Waals surface area contributed by atoms with Crippen molar-refractivity contribution in [3.8, 4) is 0 Å². The van der Waals surface area contributed by atoms with E-state index in [1.165, 1.54) is 5.56 Å². The molecule has 0 radical (unpaired) electrons. The number of nitrogens with zero attached hydrogens (tertiary/aromatic N) is 1. The summed E-state index contributed by atoms with van der Waals surface area (Å²) in [6.45, 7) is 3.48. The highest BCUT2D eigenvalue weighted by molar-refractivity contribution is 5.85. The zero-order chi connectivity index (χ0) is 14.8. The van der Waals surface area contributed by atoms with Crippen molar-refractivity contribution >= 4 is 18.3 Å². The Labute approximate surface area is 138 Å². The molecule has 0 aromatic heterocycles. The predicted molar refractivity (Wildman–Crippen MR) is 89.2 cm³/mol. The van der Waals surface area contributed by atoms with Gasteiger partial charge in [-0.1, -0.05) is 30.3 Å². The number of amides is 1. The first-order valence-electron chi connectivity index (χ1n) is 7.91. The lowest BCUT2D eigenvalue weighted by molar-refractivity contribution is -0.143. The molecule has 2 unspecified atom stereocenters. The first kappa shape index (κ1) is 17.3. The van der Waals surface area contributed by atoms with E-state index < -0.39 is 0 Å². The van der Waals surface area contributed by atoms with Crippen LogP contribution in [-0.4, -0.2) is 42.1 Å². The lowest BCUT2D eigenvalue weighted by atomic mass is 9.93. The molecule has 3 rings (SSSR count). The molecule has 2 N–H and O–H groups in total.